The van der Waals surface area contributed by atoms with Crippen LogP contribution in [0, 0.1) is 12.7 Å². The predicted molar refractivity (Wildman–Crippen MR) is 75.8 cm³/mol. The topological polar surface area (TPSA) is 55.9 Å². The summed E-state index contributed by atoms with van der Waals surface area (Å²) in [6.45, 7) is 1.93. The van der Waals surface area contributed by atoms with Gasteiger partial charge in [0.15, 0.2) is 0 Å². The summed E-state index contributed by atoms with van der Waals surface area (Å²) in [6, 6.07) is 6.69. The molecule has 2 aromatic rings. The van der Waals surface area contributed by atoms with Gasteiger partial charge in [0.25, 0.3) is 0 Å². The highest BCUT2D eigenvalue weighted by atomic mass is 79.9. The molecule has 0 spiro atoms. The van der Waals surface area contributed by atoms with Crippen LogP contribution in [-0.4, -0.2) is 9.78 Å². The number of aromatic nitrogens is 2. The number of hydrogen-bond donors (Lipinski definition) is 2. The van der Waals surface area contributed by atoms with Gasteiger partial charge < -0.3 is 0 Å². The van der Waals surface area contributed by atoms with Gasteiger partial charge in [-0.05, 0) is 43.2 Å². The Kier molecular flexibility index (Phi) is 4.34. The fourth-order valence-electron chi connectivity index (χ4n) is 2.17. The summed E-state index contributed by atoms with van der Waals surface area (Å²) >= 11 is 3.29. The number of hydrogen-bond acceptors (Lipinski definition) is 3. The lowest BCUT2D eigenvalue weighted by Crippen LogP contribution is -2.31. The van der Waals surface area contributed by atoms with Crippen LogP contribution in [0.15, 0.2) is 28.7 Å². The molecule has 0 saturated heterocycles. The first-order valence-electron chi connectivity index (χ1n) is 5.91. The number of nitrogens with one attached hydrogen (secondary N) is 1. The summed E-state index contributed by atoms with van der Waals surface area (Å²) in [4.78, 5) is 0. The lowest BCUT2D eigenvalue weighted by atomic mass is 10.0. The van der Waals surface area contributed by atoms with Crippen molar-refractivity contribution in [1.82, 2.24) is 15.2 Å². The van der Waals surface area contributed by atoms with Crippen LogP contribution in [0.1, 0.15) is 23.0 Å². The summed E-state index contributed by atoms with van der Waals surface area (Å²) in [5, 5.41) is 4.29. The van der Waals surface area contributed by atoms with Crippen molar-refractivity contribution in [3.8, 4) is 0 Å². The molecule has 1 heterocycles. The molecule has 0 amide bonds. The molecular formula is C13H16BrFN4. The molecule has 0 aliphatic heterocycles. The lowest BCUT2D eigenvalue weighted by molar-refractivity contribution is 0.506. The summed E-state index contributed by atoms with van der Waals surface area (Å²) in [6.07, 6.45) is 0.589. The van der Waals surface area contributed by atoms with Crippen LogP contribution in [0.2, 0.25) is 0 Å². The van der Waals surface area contributed by atoms with E-state index in [0.717, 1.165) is 21.4 Å². The average Bonchev–Trinajstić information content (AvgIpc) is 2.64. The van der Waals surface area contributed by atoms with Crippen molar-refractivity contribution in [2.24, 2.45) is 12.9 Å². The molecule has 4 nitrogen and oxygen atoms in total. The minimum atomic E-state index is -0.263. The Hall–Kier alpha value is -1.24. The van der Waals surface area contributed by atoms with E-state index in [-0.39, 0.29) is 11.9 Å². The number of halogens is 2. The van der Waals surface area contributed by atoms with Crippen molar-refractivity contribution in [3.05, 3.63) is 51.5 Å². The second-order valence-corrected chi connectivity index (χ2v) is 5.45. The fraction of sp³-hybridized carbons (Fsp3) is 0.308. The van der Waals surface area contributed by atoms with Crippen molar-refractivity contribution < 1.29 is 4.39 Å². The van der Waals surface area contributed by atoms with Gasteiger partial charge in [0.05, 0.1) is 17.4 Å². The first-order valence-corrected chi connectivity index (χ1v) is 6.70. The Morgan fingerprint density at radius 1 is 1.42 bits per heavy atom. The number of hydrazine groups is 1. The Morgan fingerprint density at radius 2 is 2.16 bits per heavy atom. The van der Waals surface area contributed by atoms with E-state index in [1.165, 1.54) is 12.1 Å². The van der Waals surface area contributed by atoms with Gasteiger partial charge in [0, 0.05) is 11.5 Å². The van der Waals surface area contributed by atoms with E-state index in [9.17, 15) is 4.39 Å². The third-order valence-corrected chi connectivity index (χ3v) is 3.42. The van der Waals surface area contributed by atoms with Gasteiger partial charge in [-0.3, -0.25) is 16.0 Å². The molecule has 0 saturated carbocycles. The minimum absolute atomic E-state index is 0.111. The molecule has 0 radical (unpaired) electrons. The van der Waals surface area contributed by atoms with Gasteiger partial charge in [-0.15, -0.1) is 0 Å². The zero-order chi connectivity index (χ0) is 14.0. The molecule has 3 N–H and O–H groups in total. The standard InChI is InChI=1S/C13H16BrFN4/c1-8-3-13(19(2)18-8)12(17-16)6-9-4-10(14)7-11(15)5-9/h3-5,7,12,17H,6,16H2,1-2H3. The summed E-state index contributed by atoms with van der Waals surface area (Å²) in [5.74, 6) is 5.35. The Balaban J connectivity index is 2.26. The third-order valence-electron chi connectivity index (χ3n) is 2.96. The van der Waals surface area contributed by atoms with Crippen LogP contribution in [0.25, 0.3) is 0 Å². The first kappa shape index (κ1) is 14.2. The molecule has 0 aliphatic rings. The molecule has 0 fully saturated rings. The lowest BCUT2D eigenvalue weighted by Gasteiger charge is -2.16. The molecule has 19 heavy (non-hydrogen) atoms. The highest BCUT2D eigenvalue weighted by Crippen LogP contribution is 2.21. The van der Waals surface area contributed by atoms with E-state index in [2.05, 4.69) is 26.5 Å². The van der Waals surface area contributed by atoms with E-state index in [4.69, 9.17) is 5.84 Å². The normalized spacial score (nSPS) is 12.7. The largest absolute Gasteiger partial charge is 0.271 e. The van der Waals surface area contributed by atoms with Gasteiger partial charge in [-0.25, -0.2) is 4.39 Å². The minimum Gasteiger partial charge on any atom is -0.271 e. The average molecular weight is 327 g/mol. The van der Waals surface area contributed by atoms with Crippen molar-refractivity contribution in [3.63, 3.8) is 0 Å². The van der Waals surface area contributed by atoms with Crippen molar-refractivity contribution >= 4 is 15.9 Å². The van der Waals surface area contributed by atoms with Crippen LogP contribution in [0.4, 0.5) is 4.39 Å². The maximum Gasteiger partial charge on any atom is 0.124 e. The van der Waals surface area contributed by atoms with E-state index >= 15 is 0 Å². The van der Waals surface area contributed by atoms with Crippen molar-refractivity contribution in [2.75, 3.05) is 0 Å². The Bertz CT molecular complexity index is 562. The zero-order valence-corrected chi connectivity index (χ0v) is 12.4. The van der Waals surface area contributed by atoms with Gasteiger partial charge in [0.1, 0.15) is 5.82 Å². The predicted octanol–water partition coefficient (Wildman–Crippen LogP) is 2.38. The van der Waals surface area contributed by atoms with Crippen molar-refractivity contribution in [1.29, 1.82) is 0 Å². The molecule has 2 rings (SSSR count). The highest BCUT2D eigenvalue weighted by molar-refractivity contribution is 9.10. The number of nitrogens with zero attached hydrogens (tertiary/aromatic N) is 2. The van der Waals surface area contributed by atoms with E-state index in [1.807, 2.05) is 26.1 Å². The van der Waals surface area contributed by atoms with Crippen LogP contribution in [-0.2, 0) is 13.5 Å². The second-order valence-electron chi connectivity index (χ2n) is 4.54. The van der Waals surface area contributed by atoms with Crippen LogP contribution in [0.5, 0.6) is 0 Å². The van der Waals surface area contributed by atoms with Gasteiger partial charge in [-0.1, -0.05) is 15.9 Å². The fourth-order valence-corrected chi connectivity index (χ4v) is 2.68. The van der Waals surface area contributed by atoms with Crippen LogP contribution >= 0.6 is 15.9 Å². The number of rotatable bonds is 4. The van der Waals surface area contributed by atoms with E-state index in [0.29, 0.717) is 6.42 Å². The maximum absolute atomic E-state index is 13.4. The molecular weight excluding hydrogens is 311 g/mol. The van der Waals surface area contributed by atoms with E-state index in [1.54, 1.807) is 4.68 Å². The molecule has 102 valence electrons. The van der Waals surface area contributed by atoms with Gasteiger partial charge in [-0.2, -0.15) is 5.10 Å². The molecule has 0 bridgehead atoms. The highest BCUT2D eigenvalue weighted by Gasteiger charge is 2.16. The second kappa shape index (κ2) is 5.81. The maximum atomic E-state index is 13.4. The van der Waals surface area contributed by atoms with Crippen molar-refractivity contribution in [2.45, 2.75) is 19.4 Å². The first-order chi connectivity index (χ1) is 8.99. The summed E-state index contributed by atoms with van der Waals surface area (Å²) in [5.41, 5.74) is 5.53. The molecule has 1 unspecified atom stereocenters. The monoisotopic (exact) mass is 326 g/mol. The zero-order valence-electron chi connectivity index (χ0n) is 10.8. The SMILES string of the molecule is Cc1cc(C(Cc2cc(F)cc(Br)c2)NN)n(C)n1. The van der Waals surface area contributed by atoms with Gasteiger partial charge >= 0.3 is 0 Å². The molecule has 1 aromatic heterocycles. The Labute approximate surface area is 119 Å². The van der Waals surface area contributed by atoms with E-state index < -0.39 is 0 Å². The quantitative estimate of drug-likeness (QED) is 0.670. The summed E-state index contributed by atoms with van der Waals surface area (Å²) in [7, 11) is 1.87. The smallest absolute Gasteiger partial charge is 0.124 e. The molecule has 1 aromatic carbocycles. The van der Waals surface area contributed by atoms with Crippen LogP contribution < -0.4 is 11.3 Å². The third kappa shape index (κ3) is 3.40. The Morgan fingerprint density at radius 3 is 2.68 bits per heavy atom. The molecule has 6 heteroatoms. The molecule has 1 atom stereocenters. The van der Waals surface area contributed by atoms with Gasteiger partial charge in [0.2, 0.25) is 0 Å². The van der Waals surface area contributed by atoms with Crippen LogP contribution in [0.3, 0.4) is 0 Å². The molecule has 0 aliphatic carbocycles. The number of benzene rings is 1. The summed E-state index contributed by atoms with van der Waals surface area (Å²) < 4.78 is 15.9. The number of nitrogens with two attached hydrogens (primary N) is 1. The number of aryl methyl sites for hydroxylation is 2.